The predicted octanol–water partition coefficient (Wildman–Crippen LogP) is 1.51. The van der Waals surface area contributed by atoms with Crippen LogP contribution in [0.1, 0.15) is 11.3 Å². The van der Waals surface area contributed by atoms with Gasteiger partial charge >= 0.3 is 0 Å². The minimum Gasteiger partial charge on any atom is -0.338 e. The highest BCUT2D eigenvalue weighted by Gasteiger charge is 2.18. The van der Waals surface area contributed by atoms with E-state index in [1.54, 1.807) is 17.1 Å². The summed E-state index contributed by atoms with van der Waals surface area (Å²) in [6.45, 7) is 8.73. The number of hydrogen-bond acceptors (Lipinski definition) is 6. The summed E-state index contributed by atoms with van der Waals surface area (Å²) in [5.74, 6) is 0.831. The molecule has 0 amide bonds. The number of aromatic nitrogens is 4. The molecule has 1 fully saturated rings. The van der Waals surface area contributed by atoms with Gasteiger partial charge in [-0.25, -0.2) is 9.97 Å². The van der Waals surface area contributed by atoms with E-state index in [1.807, 2.05) is 20.0 Å². The summed E-state index contributed by atoms with van der Waals surface area (Å²) in [6.07, 6.45) is 3.59. The monoisotopic (exact) mass is 385 g/mol. The van der Waals surface area contributed by atoms with Crippen molar-refractivity contribution in [2.45, 2.75) is 13.5 Å². The first kappa shape index (κ1) is 19.9. The summed E-state index contributed by atoms with van der Waals surface area (Å²) in [5, 5.41) is 8.52. The minimum atomic E-state index is 0. The Morgan fingerprint density at radius 3 is 2.44 bits per heavy atom. The normalized spacial score (nSPS) is 15.2. The number of nitrogens with one attached hydrogen (secondary N) is 1. The Morgan fingerprint density at radius 1 is 1.16 bits per heavy atom. The molecular formula is C16H25Cl2N7. The molecule has 0 saturated carbocycles. The third-order valence-corrected chi connectivity index (χ3v) is 4.86. The van der Waals surface area contributed by atoms with E-state index in [0.29, 0.717) is 0 Å². The maximum Gasteiger partial charge on any atom is 0.225 e. The van der Waals surface area contributed by atoms with Gasteiger partial charge < -0.3 is 10.2 Å². The van der Waals surface area contributed by atoms with Gasteiger partial charge in [0.05, 0.1) is 5.69 Å². The highest BCUT2D eigenvalue weighted by atomic mass is 35.5. The maximum absolute atomic E-state index is 6.25. The standard InChI is InChI=1S/C16H24ClN7.ClH/c1-13-14(15(17)22(2)21-13)12-18-6-7-23-8-10-24(11-9-23)16-19-4-3-5-20-16;/h3-5,18H,6-12H2,1-2H3;1H. The Hall–Kier alpha value is -1.41. The predicted molar refractivity (Wildman–Crippen MR) is 103 cm³/mol. The summed E-state index contributed by atoms with van der Waals surface area (Å²) >= 11 is 6.25. The lowest BCUT2D eigenvalue weighted by Gasteiger charge is -2.34. The van der Waals surface area contributed by atoms with E-state index < -0.39 is 0 Å². The van der Waals surface area contributed by atoms with Crippen LogP contribution in [0.5, 0.6) is 0 Å². The molecule has 0 radical (unpaired) electrons. The molecule has 3 heterocycles. The molecule has 25 heavy (non-hydrogen) atoms. The second kappa shape index (κ2) is 9.33. The van der Waals surface area contributed by atoms with Crippen LogP contribution in [0.4, 0.5) is 5.95 Å². The molecule has 1 N–H and O–H groups in total. The third kappa shape index (κ3) is 5.04. The average Bonchev–Trinajstić information content (AvgIpc) is 2.85. The smallest absolute Gasteiger partial charge is 0.225 e. The van der Waals surface area contributed by atoms with Crippen LogP contribution >= 0.6 is 24.0 Å². The number of rotatable bonds is 6. The molecule has 2 aromatic rings. The van der Waals surface area contributed by atoms with Gasteiger partial charge in [-0.1, -0.05) is 11.6 Å². The fraction of sp³-hybridized carbons (Fsp3) is 0.562. The van der Waals surface area contributed by atoms with Crippen LogP contribution in [-0.2, 0) is 13.6 Å². The molecule has 1 aliphatic rings. The van der Waals surface area contributed by atoms with E-state index in [-0.39, 0.29) is 12.4 Å². The van der Waals surface area contributed by atoms with Crippen molar-refractivity contribution in [3.05, 3.63) is 34.9 Å². The number of halogens is 2. The first-order chi connectivity index (χ1) is 11.6. The lowest BCUT2D eigenvalue weighted by molar-refractivity contribution is 0.256. The van der Waals surface area contributed by atoms with Crippen molar-refractivity contribution in [3.8, 4) is 0 Å². The second-order valence-electron chi connectivity index (χ2n) is 6.03. The lowest BCUT2D eigenvalue weighted by atomic mass is 10.2. The van der Waals surface area contributed by atoms with Crippen molar-refractivity contribution in [3.63, 3.8) is 0 Å². The van der Waals surface area contributed by atoms with Crippen molar-refractivity contribution in [1.82, 2.24) is 30.0 Å². The molecule has 1 saturated heterocycles. The van der Waals surface area contributed by atoms with E-state index in [4.69, 9.17) is 11.6 Å². The Labute approximate surface area is 159 Å². The Morgan fingerprint density at radius 2 is 1.84 bits per heavy atom. The van der Waals surface area contributed by atoms with E-state index in [0.717, 1.165) is 68.2 Å². The highest BCUT2D eigenvalue weighted by molar-refractivity contribution is 6.30. The van der Waals surface area contributed by atoms with Crippen LogP contribution < -0.4 is 10.2 Å². The Balaban J connectivity index is 0.00000225. The van der Waals surface area contributed by atoms with E-state index in [1.165, 1.54) is 0 Å². The molecule has 0 spiro atoms. The zero-order valence-electron chi connectivity index (χ0n) is 14.7. The Bertz CT molecular complexity index is 654. The van der Waals surface area contributed by atoms with E-state index >= 15 is 0 Å². The molecule has 0 aromatic carbocycles. The van der Waals surface area contributed by atoms with Gasteiger partial charge in [-0.2, -0.15) is 5.10 Å². The van der Waals surface area contributed by atoms with Crippen LogP contribution in [0.25, 0.3) is 0 Å². The summed E-state index contributed by atoms with van der Waals surface area (Å²) in [7, 11) is 1.87. The lowest BCUT2D eigenvalue weighted by Crippen LogP contribution is -2.48. The number of aryl methyl sites for hydroxylation is 2. The molecule has 7 nitrogen and oxygen atoms in total. The molecule has 3 rings (SSSR count). The number of piperazine rings is 1. The number of hydrogen-bond donors (Lipinski definition) is 1. The molecule has 0 bridgehead atoms. The van der Waals surface area contributed by atoms with Crippen LogP contribution in [0.3, 0.4) is 0 Å². The molecule has 2 aromatic heterocycles. The van der Waals surface area contributed by atoms with Gasteiger partial charge in [-0.05, 0) is 13.0 Å². The van der Waals surface area contributed by atoms with Crippen LogP contribution in [0, 0.1) is 6.92 Å². The molecule has 1 aliphatic heterocycles. The molecule has 138 valence electrons. The van der Waals surface area contributed by atoms with Gasteiger partial charge in [0.15, 0.2) is 0 Å². The van der Waals surface area contributed by atoms with Gasteiger partial charge in [0.25, 0.3) is 0 Å². The fourth-order valence-corrected chi connectivity index (χ4v) is 3.19. The first-order valence-electron chi connectivity index (χ1n) is 8.28. The van der Waals surface area contributed by atoms with E-state index in [9.17, 15) is 0 Å². The summed E-state index contributed by atoms with van der Waals surface area (Å²) in [6, 6.07) is 1.85. The van der Waals surface area contributed by atoms with Crippen LogP contribution in [-0.4, -0.2) is 63.9 Å². The van der Waals surface area contributed by atoms with Gasteiger partial charge in [0.2, 0.25) is 5.95 Å². The van der Waals surface area contributed by atoms with Crippen LogP contribution in [0.15, 0.2) is 18.5 Å². The van der Waals surface area contributed by atoms with E-state index in [2.05, 4.69) is 30.2 Å². The zero-order chi connectivity index (χ0) is 16.9. The topological polar surface area (TPSA) is 62.1 Å². The second-order valence-corrected chi connectivity index (χ2v) is 6.39. The van der Waals surface area contributed by atoms with Crippen molar-refractivity contribution >= 4 is 30.0 Å². The highest BCUT2D eigenvalue weighted by Crippen LogP contribution is 2.18. The first-order valence-corrected chi connectivity index (χ1v) is 8.66. The molecule has 9 heteroatoms. The quantitative estimate of drug-likeness (QED) is 0.760. The molecule has 0 atom stereocenters. The maximum atomic E-state index is 6.25. The third-order valence-electron chi connectivity index (χ3n) is 4.38. The van der Waals surface area contributed by atoms with Crippen molar-refractivity contribution in [1.29, 1.82) is 0 Å². The average molecular weight is 386 g/mol. The summed E-state index contributed by atoms with van der Waals surface area (Å²) in [5.41, 5.74) is 2.08. The molecule has 0 aliphatic carbocycles. The van der Waals surface area contributed by atoms with Crippen molar-refractivity contribution in [2.24, 2.45) is 7.05 Å². The Kier molecular flexibility index (Phi) is 7.43. The largest absolute Gasteiger partial charge is 0.338 e. The summed E-state index contributed by atoms with van der Waals surface area (Å²) in [4.78, 5) is 13.3. The number of anilines is 1. The van der Waals surface area contributed by atoms with Crippen molar-refractivity contribution < 1.29 is 0 Å². The zero-order valence-corrected chi connectivity index (χ0v) is 16.2. The summed E-state index contributed by atoms with van der Waals surface area (Å²) < 4.78 is 1.72. The molecule has 0 unspecified atom stereocenters. The SMILES string of the molecule is Cc1nn(C)c(Cl)c1CNCCN1CCN(c2ncccn2)CC1.Cl. The fourth-order valence-electron chi connectivity index (χ4n) is 2.95. The van der Waals surface area contributed by atoms with Crippen LogP contribution in [0.2, 0.25) is 5.15 Å². The van der Waals surface area contributed by atoms with Gasteiger partial charge in [0, 0.05) is 70.8 Å². The van der Waals surface area contributed by atoms with Crippen molar-refractivity contribution in [2.75, 3.05) is 44.2 Å². The van der Waals surface area contributed by atoms with Gasteiger partial charge in [0.1, 0.15) is 5.15 Å². The minimum absolute atomic E-state index is 0. The van der Waals surface area contributed by atoms with Gasteiger partial charge in [-0.3, -0.25) is 9.58 Å². The number of nitrogens with zero attached hydrogens (tertiary/aromatic N) is 6. The van der Waals surface area contributed by atoms with Gasteiger partial charge in [-0.15, -0.1) is 12.4 Å². The molecular weight excluding hydrogens is 361 g/mol.